The number of aromatic amines is 1. The van der Waals surface area contributed by atoms with Crippen LogP contribution in [0.3, 0.4) is 0 Å². The Morgan fingerprint density at radius 2 is 2.04 bits per heavy atom. The third-order valence-electron chi connectivity index (χ3n) is 4.19. The van der Waals surface area contributed by atoms with E-state index in [1.807, 2.05) is 17.5 Å². The van der Waals surface area contributed by atoms with Crippen molar-refractivity contribution in [2.45, 2.75) is 12.5 Å². The average molecular weight is 364 g/mol. The van der Waals surface area contributed by atoms with Crippen LogP contribution in [-0.2, 0) is 10.4 Å². The lowest BCUT2D eigenvalue weighted by Gasteiger charge is -2.22. The third kappa shape index (κ3) is 2.98. The van der Waals surface area contributed by atoms with E-state index in [1.165, 1.54) is 18.3 Å². The van der Waals surface area contributed by atoms with Gasteiger partial charge in [-0.15, -0.1) is 11.3 Å². The molecule has 2 heterocycles. The van der Waals surface area contributed by atoms with Crippen LogP contribution >= 0.6 is 11.3 Å². The van der Waals surface area contributed by atoms with Crippen molar-refractivity contribution in [2.24, 2.45) is 0 Å². The van der Waals surface area contributed by atoms with Gasteiger partial charge in [0.15, 0.2) is 11.4 Å². The molecular weight excluding hydrogens is 348 g/mol. The quantitative estimate of drug-likeness (QED) is 0.517. The normalized spacial score (nSPS) is 13.5. The van der Waals surface area contributed by atoms with Crippen LogP contribution in [0.25, 0.3) is 22.6 Å². The fourth-order valence-corrected chi connectivity index (χ4v) is 3.22. The van der Waals surface area contributed by atoms with Crippen molar-refractivity contribution >= 4 is 34.0 Å². The number of nitrogens with zero attached hydrogens (tertiary/aromatic N) is 2. The van der Waals surface area contributed by atoms with Crippen molar-refractivity contribution in [2.75, 3.05) is 5.32 Å². The molecular formula is C19H16N4O2S. The molecule has 130 valence electrons. The Bertz CT molecular complexity index is 1060. The number of thiazole rings is 1. The zero-order valence-electron chi connectivity index (χ0n) is 13.9. The molecule has 1 amide bonds. The molecule has 7 heteroatoms. The van der Waals surface area contributed by atoms with Crippen molar-refractivity contribution in [3.05, 3.63) is 65.0 Å². The summed E-state index contributed by atoms with van der Waals surface area (Å²) < 4.78 is 0. The van der Waals surface area contributed by atoms with E-state index in [1.54, 1.807) is 41.9 Å². The Hall–Kier alpha value is -3.03. The standard InChI is InChI=1S/C19H16N4O2S/c1-19(25,12-5-3-2-4-6-12)18(24)21-13-7-8-14-15(9-13)23-17(22-14)16-10-26-11-20-16/h2-11,25H,1H3,(H,21,24)(H,22,23)/t19-/m0/s1. The summed E-state index contributed by atoms with van der Waals surface area (Å²) in [6, 6.07) is 14.2. The molecule has 1 atom stereocenters. The Kier molecular flexibility index (Phi) is 4.02. The third-order valence-corrected chi connectivity index (χ3v) is 4.78. The predicted molar refractivity (Wildman–Crippen MR) is 102 cm³/mol. The van der Waals surface area contributed by atoms with Crippen LogP contribution in [0.2, 0.25) is 0 Å². The molecule has 0 saturated heterocycles. The highest BCUT2D eigenvalue weighted by molar-refractivity contribution is 7.07. The lowest BCUT2D eigenvalue weighted by molar-refractivity contribution is -0.133. The summed E-state index contributed by atoms with van der Waals surface area (Å²) in [4.78, 5) is 24.5. The predicted octanol–water partition coefficient (Wildman–Crippen LogP) is 3.53. The van der Waals surface area contributed by atoms with Gasteiger partial charge >= 0.3 is 0 Å². The highest BCUT2D eigenvalue weighted by Crippen LogP contribution is 2.25. The largest absolute Gasteiger partial charge is 0.376 e. The van der Waals surface area contributed by atoms with E-state index in [4.69, 9.17) is 0 Å². The molecule has 0 fully saturated rings. The smallest absolute Gasteiger partial charge is 0.260 e. The zero-order valence-corrected chi connectivity index (χ0v) is 14.7. The minimum Gasteiger partial charge on any atom is -0.376 e. The molecule has 0 spiro atoms. The number of imidazole rings is 1. The minimum absolute atomic E-state index is 0.498. The highest BCUT2D eigenvalue weighted by Gasteiger charge is 2.32. The number of rotatable bonds is 4. The van der Waals surface area contributed by atoms with Gasteiger partial charge in [0.1, 0.15) is 5.69 Å². The van der Waals surface area contributed by atoms with E-state index in [-0.39, 0.29) is 0 Å². The Labute approximate surface area is 153 Å². The fourth-order valence-electron chi connectivity index (χ4n) is 2.68. The zero-order chi connectivity index (χ0) is 18.1. The topological polar surface area (TPSA) is 90.9 Å². The second-order valence-electron chi connectivity index (χ2n) is 6.08. The number of nitrogens with one attached hydrogen (secondary N) is 2. The van der Waals surface area contributed by atoms with Gasteiger partial charge in [0.25, 0.3) is 5.91 Å². The number of H-pyrrole nitrogens is 1. The van der Waals surface area contributed by atoms with Crippen LogP contribution in [-0.4, -0.2) is 26.0 Å². The van der Waals surface area contributed by atoms with E-state index in [0.717, 1.165) is 16.7 Å². The summed E-state index contributed by atoms with van der Waals surface area (Å²) in [6.07, 6.45) is 0. The summed E-state index contributed by atoms with van der Waals surface area (Å²) in [5.74, 6) is 0.184. The van der Waals surface area contributed by atoms with Gasteiger partial charge in [-0.3, -0.25) is 4.79 Å². The Balaban J connectivity index is 1.60. The maximum absolute atomic E-state index is 12.6. The number of carbonyl (C=O) groups excluding carboxylic acids is 1. The van der Waals surface area contributed by atoms with Crippen LogP contribution in [0.5, 0.6) is 0 Å². The molecule has 0 aliphatic rings. The van der Waals surface area contributed by atoms with Gasteiger partial charge in [-0.25, -0.2) is 9.97 Å². The minimum atomic E-state index is -1.63. The molecule has 2 aromatic carbocycles. The molecule has 0 bridgehead atoms. The first-order valence-corrected chi connectivity index (χ1v) is 8.96. The first kappa shape index (κ1) is 16.4. The highest BCUT2D eigenvalue weighted by atomic mass is 32.1. The maximum Gasteiger partial charge on any atom is 0.260 e. The van der Waals surface area contributed by atoms with E-state index in [2.05, 4.69) is 20.3 Å². The first-order valence-electron chi connectivity index (χ1n) is 8.02. The van der Waals surface area contributed by atoms with E-state index < -0.39 is 11.5 Å². The van der Waals surface area contributed by atoms with Crippen molar-refractivity contribution in [1.29, 1.82) is 0 Å². The number of benzene rings is 2. The van der Waals surface area contributed by atoms with Gasteiger partial charge in [0.2, 0.25) is 0 Å². The van der Waals surface area contributed by atoms with Crippen molar-refractivity contribution in [1.82, 2.24) is 15.0 Å². The maximum atomic E-state index is 12.6. The number of hydrogen-bond donors (Lipinski definition) is 3. The van der Waals surface area contributed by atoms with Gasteiger partial charge in [-0.2, -0.15) is 0 Å². The second-order valence-corrected chi connectivity index (χ2v) is 6.80. The number of hydrogen-bond acceptors (Lipinski definition) is 5. The molecule has 3 N–H and O–H groups in total. The second kappa shape index (κ2) is 6.36. The number of aliphatic hydroxyl groups is 1. The van der Waals surface area contributed by atoms with E-state index >= 15 is 0 Å². The molecule has 6 nitrogen and oxygen atoms in total. The summed E-state index contributed by atoms with van der Waals surface area (Å²) in [6.45, 7) is 1.48. The molecule has 0 aliphatic heterocycles. The molecule has 0 aliphatic carbocycles. The van der Waals surface area contributed by atoms with Gasteiger partial charge < -0.3 is 15.4 Å². The van der Waals surface area contributed by atoms with E-state index in [0.29, 0.717) is 17.1 Å². The van der Waals surface area contributed by atoms with Gasteiger partial charge in [0, 0.05) is 11.1 Å². The molecule has 2 aromatic heterocycles. The Morgan fingerprint density at radius 1 is 1.23 bits per heavy atom. The first-order chi connectivity index (χ1) is 12.5. The summed E-state index contributed by atoms with van der Waals surface area (Å²) in [5, 5.41) is 15.3. The van der Waals surface area contributed by atoms with Crippen LogP contribution in [0.4, 0.5) is 5.69 Å². The van der Waals surface area contributed by atoms with Crippen LogP contribution in [0, 0.1) is 0 Å². The summed E-state index contributed by atoms with van der Waals surface area (Å²) >= 11 is 1.50. The fraction of sp³-hybridized carbons (Fsp3) is 0.105. The lowest BCUT2D eigenvalue weighted by Crippen LogP contribution is -2.37. The number of fused-ring (bicyclic) bond motifs is 1. The van der Waals surface area contributed by atoms with Crippen molar-refractivity contribution in [3.63, 3.8) is 0 Å². The monoisotopic (exact) mass is 364 g/mol. The van der Waals surface area contributed by atoms with Crippen LogP contribution in [0.1, 0.15) is 12.5 Å². The summed E-state index contributed by atoms with van der Waals surface area (Å²) in [5.41, 5.74) is 3.57. The van der Waals surface area contributed by atoms with Crippen LogP contribution < -0.4 is 5.32 Å². The molecule has 0 saturated carbocycles. The number of aromatic nitrogens is 3. The SMILES string of the molecule is C[C@@](O)(C(=O)Nc1ccc2nc(-c3cscn3)[nH]c2c1)c1ccccc1. The van der Waals surface area contributed by atoms with Gasteiger partial charge in [0.05, 0.1) is 16.5 Å². The van der Waals surface area contributed by atoms with Gasteiger partial charge in [-0.05, 0) is 30.7 Å². The Morgan fingerprint density at radius 3 is 2.77 bits per heavy atom. The van der Waals surface area contributed by atoms with Gasteiger partial charge in [-0.1, -0.05) is 30.3 Å². The molecule has 0 unspecified atom stereocenters. The molecule has 4 aromatic rings. The molecule has 0 radical (unpaired) electrons. The number of amides is 1. The molecule has 4 rings (SSSR count). The number of carbonyl (C=O) groups is 1. The molecule has 26 heavy (non-hydrogen) atoms. The van der Waals surface area contributed by atoms with Crippen molar-refractivity contribution in [3.8, 4) is 11.5 Å². The lowest BCUT2D eigenvalue weighted by atomic mass is 9.95. The summed E-state index contributed by atoms with van der Waals surface area (Å²) in [7, 11) is 0. The van der Waals surface area contributed by atoms with Crippen LogP contribution in [0.15, 0.2) is 59.4 Å². The van der Waals surface area contributed by atoms with Crippen molar-refractivity contribution < 1.29 is 9.90 Å². The number of anilines is 1. The van der Waals surface area contributed by atoms with E-state index in [9.17, 15) is 9.90 Å². The average Bonchev–Trinajstić information content (AvgIpc) is 3.31.